The molecule has 1 heterocycles. The van der Waals surface area contributed by atoms with Gasteiger partial charge in [-0.15, -0.1) is 0 Å². The van der Waals surface area contributed by atoms with Crippen LogP contribution in [0.3, 0.4) is 0 Å². The Kier molecular flexibility index (Phi) is 6.65. The molecule has 0 bridgehead atoms. The smallest absolute Gasteiger partial charge is 0.325 e. The van der Waals surface area contributed by atoms with Crippen LogP contribution in [-0.2, 0) is 19.1 Å². The van der Waals surface area contributed by atoms with E-state index in [9.17, 15) is 14.4 Å². The number of likely N-dealkylation sites (N-methyl/N-ethyl adjacent to an activating group) is 1. The molecule has 0 aromatic carbocycles. The van der Waals surface area contributed by atoms with E-state index >= 15 is 0 Å². The lowest BCUT2D eigenvalue weighted by Crippen LogP contribution is -2.45. The van der Waals surface area contributed by atoms with Crippen molar-refractivity contribution in [2.75, 3.05) is 33.3 Å². The molecule has 21 heavy (non-hydrogen) atoms. The number of amides is 2. The summed E-state index contributed by atoms with van der Waals surface area (Å²) in [5, 5.41) is 0. The van der Waals surface area contributed by atoms with Gasteiger partial charge in [-0.25, -0.2) is 0 Å². The molecular formula is C15H26N2O4. The van der Waals surface area contributed by atoms with E-state index in [1.807, 2.05) is 18.7 Å². The fourth-order valence-corrected chi connectivity index (χ4v) is 2.50. The molecule has 0 spiro atoms. The Morgan fingerprint density at radius 1 is 1.24 bits per heavy atom. The minimum absolute atomic E-state index is 0.0104. The second-order valence-corrected chi connectivity index (χ2v) is 5.75. The highest BCUT2D eigenvalue weighted by Gasteiger charge is 2.30. The van der Waals surface area contributed by atoms with Gasteiger partial charge in [-0.1, -0.05) is 13.8 Å². The summed E-state index contributed by atoms with van der Waals surface area (Å²) in [4.78, 5) is 38.8. The number of nitrogens with zero attached hydrogens (tertiary/aromatic N) is 2. The van der Waals surface area contributed by atoms with E-state index in [1.165, 1.54) is 4.90 Å². The van der Waals surface area contributed by atoms with Crippen LogP contribution in [0.25, 0.3) is 0 Å². The first-order chi connectivity index (χ1) is 9.86. The Bertz CT molecular complexity index is 387. The van der Waals surface area contributed by atoms with Crippen molar-refractivity contribution in [1.82, 2.24) is 9.80 Å². The van der Waals surface area contributed by atoms with Crippen LogP contribution in [0.2, 0.25) is 0 Å². The molecule has 0 radical (unpaired) electrons. The molecule has 120 valence electrons. The maximum Gasteiger partial charge on any atom is 0.325 e. The Hall–Kier alpha value is -1.59. The molecule has 6 nitrogen and oxygen atoms in total. The molecule has 1 rings (SSSR count). The van der Waals surface area contributed by atoms with Gasteiger partial charge in [0.15, 0.2) is 0 Å². The number of hydrogen-bond acceptors (Lipinski definition) is 4. The van der Waals surface area contributed by atoms with Crippen LogP contribution in [0.1, 0.15) is 33.6 Å². The molecule has 0 N–H and O–H groups in total. The highest BCUT2D eigenvalue weighted by molar-refractivity contribution is 5.84. The third-order valence-electron chi connectivity index (χ3n) is 3.70. The molecule has 0 aromatic heterocycles. The van der Waals surface area contributed by atoms with E-state index in [-0.39, 0.29) is 36.2 Å². The first-order valence-corrected chi connectivity index (χ1v) is 7.56. The fraction of sp³-hybridized carbons (Fsp3) is 0.800. The lowest BCUT2D eigenvalue weighted by atomic mass is 9.94. The second-order valence-electron chi connectivity index (χ2n) is 5.75. The molecule has 2 amide bonds. The lowest BCUT2D eigenvalue weighted by Gasteiger charge is -2.33. The van der Waals surface area contributed by atoms with Crippen LogP contribution in [0.5, 0.6) is 0 Å². The highest BCUT2D eigenvalue weighted by Crippen LogP contribution is 2.20. The van der Waals surface area contributed by atoms with Crippen LogP contribution >= 0.6 is 0 Å². The van der Waals surface area contributed by atoms with Gasteiger partial charge in [-0.3, -0.25) is 14.4 Å². The summed E-state index contributed by atoms with van der Waals surface area (Å²) in [6, 6.07) is 0. The van der Waals surface area contributed by atoms with Gasteiger partial charge in [0.1, 0.15) is 6.54 Å². The van der Waals surface area contributed by atoms with Crippen molar-refractivity contribution in [3.63, 3.8) is 0 Å². The predicted octanol–water partition coefficient (Wildman–Crippen LogP) is 0.902. The highest BCUT2D eigenvalue weighted by atomic mass is 16.5. The normalized spacial score (nSPS) is 16.0. The minimum atomic E-state index is -0.388. The van der Waals surface area contributed by atoms with Crippen molar-refractivity contribution in [3.8, 4) is 0 Å². The molecule has 1 aliphatic heterocycles. The number of esters is 1. The van der Waals surface area contributed by atoms with Gasteiger partial charge in [0.25, 0.3) is 0 Å². The van der Waals surface area contributed by atoms with E-state index in [0.29, 0.717) is 32.5 Å². The summed E-state index contributed by atoms with van der Waals surface area (Å²) < 4.78 is 4.84. The van der Waals surface area contributed by atoms with Crippen LogP contribution < -0.4 is 0 Å². The van der Waals surface area contributed by atoms with Crippen molar-refractivity contribution < 1.29 is 19.1 Å². The van der Waals surface area contributed by atoms with E-state index in [4.69, 9.17) is 4.74 Å². The summed E-state index contributed by atoms with van der Waals surface area (Å²) in [5.41, 5.74) is 0. The summed E-state index contributed by atoms with van der Waals surface area (Å²) in [7, 11) is 1.62. The molecule has 6 heteroatoms. The second kappa shape index (κ2) is 8.00. The molecular weight excluding hydrogens is 272 g/mol. The summed E-state index contributed by atoms with van der Waals surface area (Å²) >= 11 is 0. The topological polar surface area (TPSA) is 66.9 Å². The molecule has 0 aliphatic carbocycles. The van der Waals surface area contributed by atoms with Gasteiger partial charge in [0.05, 0.1) is 6.61 Å². The number of likely N-dealkylation sites (tertiary alicyclic amines) is 1. The zero-order chi connectivity index (χ0) is 16.0. The van der Waals surface area contributed by atoms with Gasteiger partial charge in [0, 0.05) is 32.0 Å². The average Bonchev–Trinajstić information content (AvgIpc) is 2.45. The molecule has 0 unspecified atom stereocenters. The van der Waals surface area contributed by atoms with Gasteiger partial charge in [-0.2, -0.15) is 0 Å². The zero-order valence-corrected chi connectivity index (χ0v) is 13.4. The van der Waals surface area contributed by atoms with E-state index in [0.717, 1.165) is 0 Å². The van der Waals surface area contributed by atoms with Gasteiger partial charge in [-0.05, 0) is 19.8 Å². The monoisotopic (exact) mass is 298 g/mol. The van der Waals surface area contributed by atoms with Crippen molar-refractivity contribution >= 4 is 17.8 Å². The zero-order valence-electron chi connectivity index (χ0n) is 13.4. The molecule has 0 aromatic rings. The Morgan fingerprint density at radius 2 is 1.81 bits per heavy atom. The van der Waals surface area contributed by atoms with Crippen molar-refractivity contribution in [1.29, 1.82) is 0 Å². The standard InChI is InChI=1S/C15H26N2O4/c1-5-21-13(18)10-16(4)15(20)12-6-8-17(9-7-12)14(19)11(2)3/h11-12H,5-10H2,1-4H3. The predicted molar refractivity (Wildman–Crippen MR) is 78.4 cm³/mol. The first kappa shape index (κ1) is 17.5. The maximum atomic E-state index is 12.3. The van der Waals surface area contributed by atoms with Crippen LogP contribution in [-0.4, -0.2) is 60.9 Å². The molecule has 1 fully saturated rings. The minimum Gasteiger partial charge on any atom is -0.465 e. The summed E-state index contributed by atoms with van der Waals surface area (Å²) in [6.07, 6.45) is 1.31. The number of piperidine rings is 1. The van der Waals surface area contributed by atoms with Crippen molar-refractivity contribution in [2.45, 2.75) is 33.6 Å². The van der Waals surface area contributed by atoms with Crippen LogP contribution in [0, 0.1) is 11.8 Å². The average molecular weight is 298 g/mol. The van der Waals surface area contributed by atoms with E-state index in [1.54, 1.807) is 14.0 Å². The Balaban J connectivity index is 2.44. The van der Waals surface area contributed by atoms with Crippen LogP contribution in [0.15, 0.2) is 0 Å². The Labute approximate surface area is 126 Å². The third-order valence-corrected chi connectivity index (χ3v) is 3.70. The number of ether oxygens (including phenoxy) is 1. The Morgan fingerprint density at radius 3 is 2.29 bits per heavy atom. The largest absolute Gasteiger partial charge is 0.465 e. The lowest BCUT2D eigenvalue weighted by molar-refractivity contribution is -0.150. The number of hydrogen-bond donors (Lipinski definition) is 0. The third kappa shape index (κ3) is 5.02. The van der Waals surface area contributed by atoms with Gasteiger partial charge in [0.2, 0.25) is 11.8 Å². The fourth-order valence-electron chi connectivity index (χ4n) is 2.50. The molecule has 0 saturated carbocycles. The maximum absolute atomic E-state index is 12.3. The molecule has 1 saturated heterocycles. The summed E-state index contributed by atoms with van der Waals surface area (Å²) in [6.45, 7) is 7.02. The molecule has 1 aliphatic rings. The quantitative estimate of drug-likeness (QED) is 0.707. The summed E-state index contributed by atoms with van der Waals surface area (Å²) in [5.74, 6) is -0.411. The van der Waals surface area contributed by atoms with Crippen molar-refractivity contribution in [3.05, 3.63) is 0 Å². The van der Waals surface area contributed by atoms with E-state index < -0.39 is 0 Å². The van der Waals surface area contributed by atoms with Gasteiger partial charge >= 0.3 is 5.97 Å². The van der Waals surface area contributed by atoms with Crippen molar-refractivity contribution in [2.24, 2.45) is 11.8 Å². The van der Waals surface area contributed by atoms with Gasteiger partial charge < -0.3 is 14.5 Å². The number of rotatable bonds is 5. The SMILES string of the molecule is CCOC(=O)CN(C)C(=O)C1CCN(C(=O)C(C)C)CC1. The number of carbonyl (C=O) groups excluding carboxylic acids is 3. The van der Waals surface area contributed by atoms with Crippen LogP contribution in [0.4, 0.5) is 0 Å². The first-order valence-electron chi connectivity index (χ1n) is 7.56. The number of carbonyl (C=O) groups is 3. The molecule has 0 atom stereocenters. The van der Waals surface area contributed by atoms with E-state index in [2.05, 4.69) is 0 Å².